The lowest BCUT2D eigenvalue weighted by atomic mass is 10.2. The third kappa shape index (κ3) is 8.03. The minimum Gasteiger partial charge on any atom is -0.480 e. The van der Waals surface area contributed by atoms with Crippen molar-refractivity contribution < 1.29 is 24.2 Å². The molecule has 0 saturated heterocycles. The number of carboxylic acids is 1. The van der Waals surface area contributed by atoms with E-state index in [1.54, 1.807) is 0 Å². The smallest absolute Gasteiger partial charge is 0.326 e. The third-order valence-corrected chi connectivity index (χ3v) is 1.74. The van der Waals surface area contributed by atoms with Crippen molar-refractivity contribution in [3.8, 4) is 0 Å². The van der Waals surface area contributed by atoms with Gasteiger partial charge in [0, 0.05) is 13.2 Å². The number of carboxylic acid groups (broad SMARTS) is 1. The Labute approximate surface area is 98.5 Å². The Balaban J connectivity index is 3.96. The molecule has 0 radical (unpaired) electrons. The zero-order chi connectivity index (χ0) is 13.3. The van der Waals surface area contributed by atoms with Crippen LogP contribution < -0.4 is 16.4 Å². The molecule has 17 heavy (non-hydrogen) atoms. The number of nitrogens with one attached hydrogen (secondary N) is 2. The Kier molecular flexibility index (Phi) is 7.44. The van der Waals surface area contributed by atoms with Crippen LogP contribution in [0.1, 0.15) is 13.3 Å². The van der Waals surface area contributed by atoms with Gasteiger partial charge in [-0.3, -0.25) is 4.79 Å². The second-order valence-electron chi connectivity index (χ2n) is 3.16. The van der Waals surface area contributed by atoms with Crippen LogP contribution in [0.15, 0.2) is 0 Å². The zero-order valence-corrected chi connectivity index (χ0v) is 9.56. The number of ether oxygens (including phenoxy) is 1. The molecule has 0 saturated carbocycles. The molecule has 0 aliphatic carbocycles. The number of carbonyl (C=O) groups is 3. The van der Waals surface area contributed by atoms with Crippen molar-refractivity contribution in [3.05, 3.63) is 0 Å². The normalized spacial score (nSPS) is 11.6. The van der Waals surface area contributed by atoms with E-state index >= 15 is 0 Å². The van der Waals surface area contributed by atoms with E-state index in [0.29, 0.717) is 13.2 Å². The van der Waals surface area contributed by atoms with Crippen LogP contribution in [0.2, 0.25) is 0 Å². The summed E-state index contributed by atoms with van der Waals surface area (Å²) in [7, 11) is 0. The summed E-state index contributed by atoms with van der Waals surface area (Å²) in [6, 6.07) is -2.00. The highest BCUT2D eigenvalue weighted by molar-refractivity contribution is 5.87. The van der Waals surface area contributed by atoms with Crippen molar-refractivity contribution in [1.29, 1.82) is 0 Å². The predicted octanol–water partition coefficient (Wildman–Crippen LogP) is -1.35. The van der Waals surface area contributed by atoms with Crippen LogP contribution in [-0.2, 0) is 14.3 Å². The van der Waals surface area contributed by atoms with Gasteiger partial charge in [0.2, 0.25) is 5.91 Å². The van der Waals surface area contributed by atoms with Crippen LogP contribution >= 0.6 is 0 Å². The molecule has 0 aliphatic rings. The van der Waals surface area contributed by atoms with E-state index in [0.717, 1.165) is 0 Å². The van der Waals surface area contributed by atoms with Gasteiger partial charge in [-0.25, -0.2) is 9.59 Å². The summed E-state index contributed by atoms with van der Waals surface area (Å²) in [6.45, 7) is 2.93. The Morgan fingerprint density at radius 3 is 2.53 bits per heavy atom. The zero-order valence-electron chi connectivity index (χ0n) is 9.56. The fourth-order valence-corrected chi connectivity index (χ4v) is 0.992. The summed E-state index contributed by atoms with van der Waals surface area (Å²) in [5.74, 6) is -2.12. The molecule has 8 nitrogen and oxygen atoms in total. The first kappa shape index (κ1) is 15.2. The van der Waals surface area contributed by atoms with Crippen LogP contribution in [0.5, 0.6) is 0 Å². The van der Waals surface area contributed by atoms with Crippen LogP contribution in [0.4, 0.5) is 4.79 Å². The number of amides is 3. The molecule has 0 aromatic carbocycles. The molecule has 0 aromatic rings. The number of aliphatic carboxylic acids is 1. The quantitative estimate of drug-likeness (QED) is 0.394. The molecule has 1 atom stereocenters. The number of primary amides is 1. The van der Waals surface area contributed by atoms with Crippen LogP contribution in [-0.4, -0.2) is 48.8 Å². The average molecular weight is 247 g/mol. The Hall–Kier alpha value is -1.83. The molecule has 0 bridgehead atoms. The maximum atomic E-state index is 11.2. The van der Waals surface area contributed by atoms with Gasteiger partial charge in [0.25, 0.3) is 0 Å². The molecule has 0 spiro atoms. The third-order valence-electron chi connectivity index (χ3n) is 1.74. The van der Waals surface area contributed by atoms with Gasteiger partial charge in [-0.1, -0.05) is 0 Å². The summed E-state index contributed by atoms with van der Waals surface area (Å²) in [6.07, 6.45) is -0.450. The largest absolute Gasteiger partial charge is 0.480 e. The lowest BCUT2D eigenvalue weighted by Crippen LogP contribution is -2.48. The standard InChI is InChI=1S/C9H17N3O5/c1-2-17-4-3-11-9(16)12-6(8(14)15)5-7(10)13/h6H,2-5H2,1H3,(H2,10,13)(H,14,15)(H2,11,12,16)/t6-/m1/s1. The molecule has 98 valence electrons. The van der Waals surface area contributed by atoms with Gasteiger partial charge in [0.1, 0.15) is 6.04 Å². The first-order chi connectivity index (χ1) is 7.97. The molecule has 0 aliphatic heterocycles. The van der Waals surface area contributed by atoms with Gasteiger partial charge in [0.15, 0.2) is 0 Å². The monoisotopic (exact) mass is 247 g/mol. The minimum atomic E-state index is -1.32. The number of hydrogen-bond donors (Lipinski definition) is 4. The predicted molar refractivity (Wildman–Crippen MR) is 58.3 cm³/mol. The molecule has 0 rings (SSSR count). The molecule has 8 heteroatoms. The summed E-state index contributed by atoms with van der Waals surface area (Å²) < 4.78 is 4.97. The van der Waals surface area contributed by atoms with Crippen LogP contribution in [0.3, 0.4) is 0 Å². The topological polar surface area (TPSA) is 131 Å². The fourth-order valence-electron chi connectivity index (χ4n) is 0.992. The number of carbonyl (C=O) groups excluding carboxylic acids is 2. The first-order valence-electron chi connectivity index (χ1n) is 5.10. The van der Waals surface area contributed by atoms with Gasteiger partial charge < -0.3 is 26.2 Å². The van der Waals surface area contributed by atoms with E-state index in [4.69, 9.17) is 15.6 Å². The summed E-state index contributed by atoms with van der Waals surface area (Å²) in [5, 5.41) is 13.2. The molecule has 0 heterocycles. The molecular formula is C9H17N3O5. The number of rotatable bonds is 8. The maximum absolute atomic E-state index is 11.2. The average Bonchev–Trinajstić information content (AvgIpc) is 2.22. The SMILES string of the molecule is CCOCCNC(=O)N[C@H](CC(N)=O)C(=O)O. The van der Waals surface area contributed by atoms with Crippen molar-refractivity contribution in [2.75, 3.05) is 19.8 Å². The van der Waals surface area contributed by atoms with Crippen molar-refractivity contribution in [3.63, 3.8) is 0 Å². The summed E-state index contributed by atoms with van der Waals surface area (Å²) in [5.41, 5.74) is 4.85. The van der Waals surface area contributed by atoms with Gasteiger partial charge in [0.05, 0.1) is 13.0 Å². The molecule has 0 fully saturated rings. The Morgan fingerprint density at radius 2 is 2.06 bits per heavy atom. The summed E-state index contributed by atoms with van der Waals surface area (Å²) >= 11 is 0. The minimum absolute atomic E-state index is 0.253. The van der Waals surface area contributed by atoms with E-state index in [1.807, 2.05) is 6.92 Å². The van der Waals surface area contributed by atoms with Crippen LogP contribution in [0, 0.1) is 0 Å². The van der Waals surface area contributed by atoms with Gasteiger partial charge in [-0.15, -0.1) is 0 Å². The van der Waals surface area contributed by atoms with E-state index in [9.17, 15) is 14.4 Å². The second kappa shape index (κ2) is 8.34. The summed E-state index contributed by atoms with van der Waals surface area (Å²) in [4.78, 5) is 32.4. The highest BCUT2D eigenvalue weighted by atomic mass is 16.5. The fraction of sp³-hybridized carbons (Fsp3) is 0.667. The number of nitrogens with two attached hydrogens (primary N) is 1. The highest BCUT2D eigenvalue weighted by Crippen LogP contribution is 1.91. The number of hydrogen-bond acceptors (Lipinski definition) is 4. The van der Waals surface area contributed by atoms with E-state index < -0.39 is 30.4 Å². The molecular weight excluding hydrogens is 230 g/mol. The van der Waals surface area contributed by atoms with E-state index in [1.165, 1.54) is 0 Å². The van der Waals surface area contributed by atoms with Crippen molar-refractivity contribution >= 4 is 17.9 Å². The molecule has 3 amide bonds. The highest BCUT2D eigenvalue weighted by Gasteiger charge is 2.21. The molecule has 0 unspecified atom stereocenters. The van der Waals surface area contributed by atoms with Gasteiger partial charge >= 0.3 is 12.0 Å². The van der Waals surface area contributed by atoms with E-state index in [2.05, 4.69) is 10.6 Å². The van der Waals surface area contributed by atoms with Gasteiger partial charge in [-0.05, 0) is 6.92 Å². The van der Waals surface area contributed by atoms with Crippen molar-refractivity contribution in [1.82, 2.24) is 10.6 Å². The van der Waals surface area contributed by atoms with Crippen molar-refractivity contribution in [2.45, 2.75) is 19.4 Å². The lowest BCUT2D eigenvalue weighted by molar-refractivity contribution is -0.140. The van der Waals surface area contributed by atoms with Gasteiger partial charge in [-0.2, -0.15) is 0 Å². The number of urea groups is 1. The van der Waals surface area contributed by atoms with Crippen LogP contribution in [0.25, 0.3) is 0 Å². The first-order valence-corrected chi connectivity index (χ1v) is 5.10. The Bertz CT molecular complexity index is 282. The second-order valence-corrected chi connectivity index (χ2v) is 3.16. The maximum Gasteiger partial charge on any atom is 0.326 e. The van der Waals surface area contributed by atoms with E-state index in [-0.39, 0.29) is 6.54 Å². The van der Waals surface area contributed by atoms with Crippen molar-refractivity contribution in [2.24, 2.45) is 5.73 Å². The molecule has 5 N–H and O–H groups in total. The molecule has 0 aromatic heterocycles. The Morgan fingerprint density at radius 1 is 1.41 bits per heavy atom. The lowest BCUT2D eigenvalue weighted by Gasteiger charge is -2.13.